The van der Waals surface area contributed by atoms with E-state index in [9.17, 15) is 4.79 Å². The highest BCUT2D eigenvalue weighted by Gasteiger charge is 2.17. The van der Waals surface area contributed by atoms with Crippen molar-refractivity contribution in [3.63, 3.8) is 0 Å². The van der Waals surface area contributed by atoms with Crippen molar-refractivity contribution in [3.8, 4) is 0 Å². The summed E-state index contributed by atoms with van der Waals surface area (Å²) in [4.78, 5) is 12.6. The van der Waals surface area contributed by atoms with Crippen LogP contribution in [-0.4, -0.2) is 5.91 Å². The Morgan fingerprint density at radius 2 is 1.44 bits per heavy atom. The van der Waals surface area contributed by atoms with Crippen LogP contribution in [0.1, 0.15) is 68.7 Å². The second kappa shape index (κ2) is 9.59. The Kier molecular flexibility index (Phi) is 8.14. The molecule has 0 bridgehead atoms. The highest BCUT2D eigenvalue weighted by molar-refractivity contribution is 5.93. The van der Waals surface area contributed by atoms with Crippen LogP contribution in [0.15, 0.2) is 48.5 Å². The summed E-state index contributed by atoms with van der Waals surface area (Å²) in [6, 6.07) is 15.7. The van der Waals surface area contributed by atoms with Crippen molar-refractivity contribution < 1.29 is 4.79 Å². The number of nitrogens with two attached hydrogens (primary N) is 1. The molecule has 0 saturated heterocycles. The van der Waals surface area contributed by atoms with Crippen molar-refractivity contribution in [2.24, 2.45) is 5.73 Å². The zero-order valence-electron chi connectivity index (χ0n) is 15.5. The Morgan fingerprint density at radius 1 is 0.920 bits per heavy atom. The highest BCUT2D eigenvalue weighted by atomic mass is 35.5. The quantitative estimate of drug-likeness (QED) is 0.726. The summed E-state index contributed by atoms with van der Waals surface area (Å²) in [7, 11) is 0. The molecule has 1 unspecified atom stereocenters. The molecular formula is C21H29ClN2O. The van der Waals surface area contributed by atoms with Crippen molar-refractivity contribution in [1.29, 1.82) is 0 Å². The Balaban J connectivity index is 0.00000312. The van der Waals surface area contributed by atoms with Crippen LogP contribution in [-0.2, 0) is 4.79 Å². The molecule has 1 amide bonds. The van der Waals surface area contributed by atoms with Crippen molar-refractivity contribution >= 4 is 24.0 Å². The third kappa shape index (κ3) is 5.58. The molecule has 0 aliphatic rings. The number of amides is 1. The first-order valence-corrected chi connectivity index (χ1v) is 8.63. The number of para-hydroxylation sites is 1. The number of nitrogens with one attached hydrogen (secondary N) is 1. The summed E-state index contributed by atoms with van der Waals surface area (Å²) in [5.74, 6) is 0.657. The average Bonchev–Trinajstić information content (AvgIpc) is 2.55. The number of anilines is 1. The first-order valence-electron chi connectivity index (χ1n) is 8.63. The lowest BCUT2D eigenvalue weighted by molar-refractivity contribution is -0.116. The van der Waals surface area contributed by atoms with E-state index in [1.807, 2.05) is 30.3 Å². The molecule has 3 nitrogen and oxygen atoms in total. The molecular weight excluding hydrogens is 332 g/mol. The van der Waals surface area contributed by atoms with Crippen LogP contribution in [0, 0.1) is 0 Å². The summed E-state index contributed by atoms with van der Waals surface area (Å²) in [6.07, 6.45) is 0.272. The topological polar surface area (TPSA) is 55.1 Å². The van der Waals surface area contributed by atoms with E-state index in [1.165, 1.54) is 11.1 Å². The fraction of sp³-hybridized carbons (Fsp3) is 0.381. The van der Waals surface area contributed by atoms with Crippen LogP contribution in [0.5, 0.6) is 0 Å². The van der Waals surface area contributed by atoms with E-state index in [-0.39, 0.29) is 30.8 Å². The maximum Gasteiger partial charge on any atom is 0.226 e. The fourth-order valence-corrected chi connectivity index (χ4v) is 2.90. The lowest BCUT2D eigenvalue weighted by Gasteiger charge is -2.21. The van der Waals surface area contributed by atoms with Crippen LogP contribution in [0.4, 0.5) is 5.69 Å². The predicted octanol–water partition coefficient (Wildman–Crippen LogP) is 5.38. The van der Waals surface area contributed by atoms with Crippen LogP contribution in [0.25, 0.3) is 0 Å². The summed E-state index contributed by atoms with van der Waals surface area (Å²) in [5, 5.41) is 3.12. The number of carbonyl (C=O) groups is 1. The van der Waals surface area contributed by atoms with Crippen LogP contribution < -0.4 is 11.1 Å². The van der Waals surface area contributed by atoms with E-state index < -0.39 is 0 Å². The fourth-order valence-electron chi connectivity index (χ4n) is 2.90. The molecule has 0 aliphatic carbocycles. The third-order valence-corrected chi connectivity index (χ3v) is 4.27. The third-order valence-electron chi connectivity index (χ3n) is 4.27. The lowest BCUT2D eigenvalue weighted by Crippen LogP contribution is -2.22. The molecule has 0 heterocycles. The molecule has 0 aliphatic heterocycles. The number of hydrogen-bond acceptors (Lipinski definition) is 2. The SMILES string of the molecule is CC(C)c1cccc(C(C)C)c1NC(=O)CC(N)c1ccccc1.Cl. The largest absolute Gasteiger partial charge is 0.325 e. The zero-order valence-corrected chi connectivity index (χ0v) is 16.3. The normalized spacial score (nSPS) is 12.0. The van der Waals surface area contributed by atoms with Crippen molar-refractivity contribution in [2.45, 2.75) is 52.0 Å². The molecule has 0 radical (unpaired) electrons. The van der Waals surface area contributed by atoms with Gasteiger partial charge < -0.3 is 11.1 Å². The van der Waals surface area contributed by atoms with Gasteiger partial charge in [-0.3, -0.25) is 4.79 Å². The van der Waals surface area contributed by atoms with Gasteiger partial charge in [0, 0.05) is 18.2 Å². The molecule has 1 atom stereocenters. The monoisotopic (exact) mass is 360 g/mol. The number of benzene rings is 2. The van der Waals surface area contributed by atoms with Gasteiger partial charge in [0.1, 0.15) is 0 Å². The molecule has 2 aromatic rings. The Morgan fingerprint density at radius 3 is 1.92 bits per heavy atom. The molecule has 3 N–H and O–H groups in total. The van der Waals surface area contributed by atoms with Crippen LogP contribution in [0.2, 0.25) is 0 Å². The molecule has 2 rings (SSSR count). The molecule has 0 saturated carbocycles. The minimum absolute atomic E-state index is 0. The van der Waals surface area contributed by atoms with E-state index >= 15 is 0 Å². The molecule has 0 aromatic heterocycles. The number of hydrogen-bond donors (Lipinski definition) is 2. The smallest absolute Gasteiger partial charge is 0.226 e. The Labute approximate surface area is 157 Å². The van der Waals surface area contributed by atoms with Gasteiger partial charge in [-0.1, -0.05) is 76.2 Å². The molecule has 0 spiro atoms. The first-order chi connectivity index (χ1) is 11.4. The zero-order chi connectivity index (χ0) is 17.7. The number of carbonyl (C=O) groups excluding carboxylic acids is 1. The predicted molar refractivity (Wildman–Crippen MR) is 108 cm³/mol. The van der Waals surface area contributed by atoms with Crippen molar-refractivity contribution in [1.82, 2.24) is 0 Å². The maximum absolute atomic E-state index is 12.6. The van der Waals surface area contributed by atoms with Crippen molar-refractivity contribution in [2.75, 3.05) is 5.32 Å². The van der Waals surface area contributed by atoms with Gasteiger partial charge in [0.05, 0.1) is 0 Å². The number of halogens is 1. The van der Waals surface area contributed by atoms with Crippen LogP contribution >= 0.6 is 12.4 Å². The van der Waals surface area contributed by atoms with Gasteiger partial charge in [-0.05, 0) is 28.5 Å². The molecule has 136 valence electrons. The second-order valence-electron chi connectivity index (χ2n) is 6.89. The van der Waals surface area contributed by atoms with Gasteiger partial charge in [-0.25, -0.2) is 0 Å². The molecule has 4 heteroatoms. The summed E-state index contributed by atoms with van der Waals surface area (Å²) in [6.45, 7) is 8.57. The molecule has 0 fully saturated rings. The standard InChI is InChI=1S/C21H28N2O.ClH/c1-14(2)17-11-8-12-18(15(3)4)21(17)23-20(24)13-19(22)16-9-6-5-7-10-16;/h5-12,14-15,19H,13,22H2,1-4H3,(H,23,24);1H. The van der Waals surface area contributed by atoms with E-state index in [0.29, 0.717) is 11.8 Å². The van der Waals surface area contributed by atoms with Gasteiger partial charge in [0.15, 0.2) is 0 Å². The maximum atomic E-state index is 12.6. The highest BCUT2D eigenvalue weighted by Crippen LogP contribution is 2.32. The molecule has 25 heavy (non-hydrogen) atoms. The van der Waals surface area contributed by atoms with Gasteiger partial charge in [-0.2, -0.15) is 0 Å². The van der Waals surface area contributed by atoms with Gasteiger partial charge in [-0.15, -0.1) is 12.4 Å². The minimum Gasteiger partial charge on any atom is -0.325 e. The lowest BCUT2D eigenvalue weighted by atomic mass is 9.92. The van der Waals surface area contributed by atoms with Crippen molar-refractivity contribution in [3.05, 3.63) is 65.2 Å². The summed E-state index contributed by atoms with van der Waals surface area (Å²) in [5.41, 5.74) is 10.5. The van der Waals surface area contributed by atoms with Gasteiger partial charge in [0.2, 0.25) is 5.91 Å². The molecule has 2 aromatic carbocycles. The van der Waals surface area contributed by atoms with Crippen LogP contribution in [0.3, 0.4) is 0 Å². The average molecular weight is 361 g/mol. The summed E-state index contributed by atoms with van der Waals surface area (Å²) < 4.78 is 0. The van der Waals surface area contributed by atoms with Gasteiger partial charge in [0.25, 0.3) is 0 Å². The first kappa shape index (κ1) is 21.2. The Bertz CT molecular complexity index is 657. The second-order valence-corrected chi connectivity index (χ2v) is 6.89. The minimum atomic E-state index is -0.292. The number of rotatable bonds is 6. The van der Waals surface area contributed by atoms with E-state index in [2.05, 4.69) is 51.2 Å². The van der Waals surface area contributed by atoms with Gasteiger partial charge >= 0.3 is 0 Å². The summed E-state index contributed by atoms with van der Waals surface area (Å²) >= 11 is 0. The van der Waals surface area contributed by atoms with E-state index in [4.69, 9.17) is 5.73 Å². The Hall–Kier alpha value is -1.84. The van der Waals surface area contributed by atoms with E-state index in [1.54, 1.807) is 0 Å². The van der Waals surface area contributed by atoms with E-state index in [0.717, 1.165) is 11.3 Å².